The maximum Gasteiger partial charge on any atom is 0.156 e. The Hall–Kier alpha value is -0.330. The minimum absolute atomic E-state index is 0.00384. The van der Waals surface area contributed by atoms with Crippen LogP contribution in [0.15, 0.2) is 4.47 Å². The average Bonchev–Trinajstić information content (AvgIpc) is 2.57. The minimum atomic E-state index is -0.00384. The Bertz CT molecular complexity index is 427. The molecule has 4 nitrogen and oxygen atoms in total. The van der Waals surface area contributed by atoms with Crippen molar-refractivity contribution < 1.29 is 4.79 Å². The number of thioether (sulfide) groups is 1. The van der Waals surface area contributed by atoms with Crippen LogP contribution in [-0.2, 0) is 18.3 Å². The van der Waals surface area contributed by atoms with Gasteiger partial charge in [0.05, 0.1) is 28.3 Å². The van der Waals surface area contributed by atoms with Gasteiger partial charge < -0.3 is 5.32 Å². The Kier molecular flexibility index (Phi) is 4.27. The normalized spacial score (nSPS) is 20.5. The van der Waals surface area contributed by atoms with Crippen molar-refractivity contribution >= 4 is 33.5 Å². The molecular formula is C11H16BrN3OS. The molecule has 1 fully saturated rings. The highest BCUT2D eigenvalue weighted by molar-refractivity contribution is 9.10. The van der Waals surface area contributed by atoms with E-state index in [0.29, 0.717) is 6.42 Å². The van der Waals surface area contributed by atoms with Crippen LogP contribution in [0.2, 0.25) is 0 Å². The fourth-order valence-corrected chi connectivity index (χ4v) is 3.38. The topological polar surface area (TPSA) is 46.9 Å². The Labute approximate surface area is 114 Å². The van der Waals surface area contributed by atoms with Gasteiger partial charge in [-0.15, -0.1) is 0 Å². The first-order valence-electron chi connectivity index (χ1n) is 5.61. The van der Waals surface area contributed by atoms with Gasteiger partial charge in [0.25, 0.3) is 0 Å². The summed E-state index contributed by atoms with van der Waals surface area (Å²) in [4.78, 5) is 12.1. The maximum atomic E-state index is 12.1. The third-order valence-corrected chi connectivity index (χ3v) is 5.01. The van der Waals surface area contributed by atoms with Crippen molar-refractivity contribution in [1.82, 2.24) is 15.1 Å². The van der Waals surface area contributed by atoms with Crippen LogP contribution < -0.4 is 5.32 Å². The molecular weight excluding hydrogens is 302 g/mol. The van der Waals surface area contributed by atoms with E-state index in [4.69, 9.17) is 0 Å². The molecule has 17 heavy (non-hydrogen) atoms. The molecule has 0 amide bonds. The molecule has 1 unspecified atom stereocenters. The molecule has 1 aromatic rings. The van der Waals surface area contributed by atoms with Gasteiger partial charge in [-0.1, -0.05) is 0 Å². The van der Waals surface area contributed by atoms with E-state index in [9.17, 15) is 4.79 Å². The average molecular weight is 318 g/mol. The second-order valence-electron chi connectivity index (χ2n) is 4.19. The zero-order valence-electron chi connectivity index (χ0n) is 9.99. The van der Waals surface area contributed by atoms with E-state index in [1.807, 2.05) is 25.7 Å². The minimum Gasteiger partial charge on any atom is -0.306 e. The first kappa shape index (κ1) is 13.1. The SMILES string of the molecule is Cc1nn(C)c(CC(=O)C2CSCCN2)c1Br. The number of hydrogen-bond donors (Lipinski definition) is 1. The third-order valence-electron chi connectivity index (χ3n) is 2.91. The monoisotopic (exact) mass is 317 g/mol. The molecule has 1 aromatic heterocycles. The van der Waals surface area contributed by atoms with Crippen LogP contribution in [0.4, 0.5) is 0 Å². The Morgan fingerprint density at radius 3 is 3.00 bits per heavy atom. The zero-order chi connectivity index (χ0) is 12.4. The number of aromatic nitrogens is 2. The number of rotatable bonds is 3. The van der Waals surface area contributed by atoms with Gasteiger partial charge in [-0.2, -0.15) is 16.9 Å². The molecule has 0 aliphatic carbocycles. The standard InChI is InChI=1S/C11H16BrN3OS/c1-7-11(12)9(15(2)14-7)5-10(16)8-6-17-4-3-13-8/h8,13H,3-6H2,1-2H3. The molecule has 1 atom stereocenters. The lowest BCUT2D eigenvalue weighted by Gasteiger charge is -2.21. The second-order valence-corrected chi connectivity index (χ2v) is 6.14. The number of halogens is 1. The molecule has 1 saturated heterocycles. The van der Waals surface area contributed by atoms with Crippen molar-refractivity contribution in [2.45, 2.75) is 19.4 Å². The van der Waals surface area contributed by atoms with Crippen molar-refractivity contribution in [2.24, 2.45) is 7.05 Å². The molecule has 1 aliphatic heterocycles. The van der Waals surface area contributed by atoms with Gasteiger partial charge in [0, 0.05) is 25.1 Å². The first-order valence-corrected chi connectivity index (χ1v) is 7.56. The summed E-state index contributed by atoms with van der Waals surface area (Å²) in [6.45, 7) is 2.86. The molecule has 94 valence electrons. The van der Waals surface area contributed by atoms with E-state index < -0.39 is 0 Å². The van der Waals surface area contributed by atoms with Crippen molar-refractivity contribution in [1.29, 1.82) is 0 Å². The number of carbonyl (C=O) groups excluding carboxylic acids is 1. The van der Waals surface area contributed by atoms with Gasteiger partial charge in [0.1, 0.15) is 0 Å². The largest absolute Gasteiger partial charge is 0.306 e. The molecule has 2 rings (SSSR count). The highest BCUT2D eigenvalue weighted by atomic mass is 79.9. The predicted octanol–water partition coefficient (Wildman–Crippen LogP) is 1.31. The van der Waals surface area contributed by atoms with Crippen LogP contribution >= 0.6 is 27.7 Å². The number of aryl methyl sites for hydroxylation is 2. The zero-order valence-corrected chi connectivity index (χ0v) is 12.4. The van der Waals surface area contributed by atoms with Crippen LogP contribution in [0.5, 0.6) is 0 Å². The second kappa shape index (κ2) is 5.54. The highest BCUT2D eigenvalue weighted by Crippen LogP contribution is 2.21. The summed E-state index contributed by atoms with van der Waals surface area (Å²) in [5.74, 6) is 2.23. The van der Waals surface area contributed by atoms with Crippen molar-refractivity contribution in [3.63, 3.8) is 0 Å². The lowest BCUT2D eigenvalue weighted by molar-refractivity contribution is -0.120. The van der Waals surface area contributed by atoms with Crippen LogP contribution in [0, 0.1) is 6.92 Å². The van der Waals surface area contributed by atoms with Crippen LogP contribution in [0.1, 0.15) is 11.4 Å². The van der Waals surface area contributed by atoms with Gasteiger partial charge in [-0.25, -0.2) is 0 Å². The first-order chi connectivity index (χ1) is 8.09. The lowest BCUT2D eigenvalue weighted by atomic mass is 10.1. The Morgan fingerprint density at radius 1 is 1.71 bits per heavy atom. The number of nitrogens with zero attached hydrogens (tertiary/aromatic N) is 2. The number of nitrogens with one attached hydrogen (secondary N) is 1. The summed E-state index contributed by atoms with van der Waals surface area (Å²) in [6.07, 6.45) is 0.441. The van der Waals surface area contributed by atoms with E-state index in [1.54, 1.807) is 4.68 Å². The summed E-state index contributed by atoms with van der Waals surface area (Å²) in [6, 6.07) is -0.00384. The Morgan fingerprint density at radius 2 is 2.47 bits per heavy atom. The van der Waals surface area contributed by atoms with E-state index in [1.165, 1.54) is 0 Å². The van der Waals surface area contributed by atoms with Gasteiger partial charge in [0.15, 0.2) is 5.78 Å². The van der Waals surface area contributed by atoms with Gasteiger partial charge >= 0.3 is 0 Å². The van der Waals surface area contributed by atoms with Crippen molar-refractivity contribution in [2.75, 3.05) is 18.1 Å². The fraction of sp³-hybridized carbons (Fsp3) is 0.636. The summed E-state index contributed by atoms with van der Waals surface area (Å²) in [5.41, 5.74) is 1.89. The van der Waals surface area contributed by atoms with E-state index >= 15 is 0 Å². The summed E-state index contributed by atoms with van der Waals surface area (Å²) in [7, 11) is 1.88. The molecule has 6 heteroatoms. The molecule has 0 spiro atoms. The number of Topliss-reactive ketones (excluding diaryl/α,β-unsaturated/α-hetero) is 1. The molecule has 1 N–H and O–H groups in total. The quantitative estimate of drug-likeness (QED) is 0.913. The Balaban J connectivity index is 2.07. The smallest absolute Gasteiger partial charge is 0.156 e. The molecule has 0 aromatic carbocycles. The van der Waals surface area contributed by atoms with E-state index in [-0.39, 0.29) is 11.8 Å². The number of hydrogen-bond acceptors (Lipinski definition) is 4. The van der Waals surface area contributed by atoms with Crippen LogP contribution in [0.3, 0.4) is 0 Å². The fourth-order valence-electron chi connectivity index (χ4n) is 1.93. The highest BCUT2D eigenvalue weighted by Gasteiger charge is 2.23. The summed E-state index contributed by atoms with van der Waals surface area (Å²) < 4.78 is 2.74. The molecule has 0 radical (unpaired) electrons. The van der Waals surface area contributed by atoms with Gasteiger partial charge in [-0.05, 0) is 22.9 Å². The predicted molar refractivity (Wildman–Crippen MR) is 73.5 cm³/mol. The van der Waals surface area contributed by atoms with Crippen molar-refractivity contribution in [3.05, 3.63) is 15.9 Å². The number of ketones is 1. The van der Waals surface area contributed by atoms with Gasteiger partial charge in [0.2, 0.25) is 0 Å². The van der Waals surface area contributed by atoms with E-state index in [0.717, 1.165) is 33.9 Å². The summed E-state index contributed by atoms with van der Waals surface area (Å²) >= 11 is 5.33. The van der Waals surface area contributed by atoms with Crippen LogP contribution in [-0.4, -0.2) is 39.7 Å². The van der Waals surface area contributed by atoms with Crippen molar-refractivity contribution in [3.8, 4) is 0 Å². The third kappa shape index (κ3) is 2.92. The maximum absolute atomic E-state index is 12.1. The molecule has 0 bridgehead atoms. The summed E-state index contributed by atoms with van der Waals surface area (Å²) in [5, 5.41) is 7.57. The number of carbonyl (C=O) groups is 1. The lowest BCUT2D eigenvalue weighted by Crippen LogP contribution is -2.44. The van der Waals surface area contributed by atoms with Crippen LogP contribution in [0.25, 0.3) is 0 Å². The van der Waals surface area contributed by atoms with Gasteiger partial charge in [-0.3, -0.25) is 9.48 Å². The van der Waals surface area contributed by atoms with E-state index in [2.05, 4.69) is 26.3 Å². The molecule has 0 saturated carbocycles. The molecule has 2 heterocycles. The molecule has 1 aliphatic rings.